The van der Waals surface area contributed by atoms with Gasteiger partial charge in [-0.1, -0.05) is 56.1 Å². The van der Waals surface area contributed by atoms with Gasteiger partial charge in [-0.2, -0.15) is 0 Å². The maximum Gasteiger partial charge on any atom is 0.226 e. The number of unbranched alkanes of at least 4 members (excludes halogenated alkanes) is 4. The topological polar surface area (TPSA) is 26.3 Å². The van der Waals surface area contributed by atoms with E-state index in [2.05, 4.69) is 37.5 Å². The van der Waals surface area contributed by atoms with Gasteiger partial charge in [0.25, 0.3) is 0 Å². The SMILES string of the molecule is CCCCC#CC1=C(OC)C(Cl)(C#CCCCC)C1=O. The molecule has 0 saturated carbocycles. The molecule has 1 atom stereocenters. The predicted molar refractivity (Wildman–Crippen MR) is 82.2 cm³/mol. The van der Waals surface area contributed by atoms with Gasteiger partial charge in [0.2, 0.25) is 10.7 Å². The summed E-state index contributed by atoms with van der Waals surface area (Å²) in [6, 6.07) is 0. The Labute approximate surface area is 126 Å². The van der Waals surface area contributed by atoms with E-state index in [4.69, 9.17) is 16.3 Å². The Hall–Kier alpha value is -1.38. The molecule has 1 unspecified atom stereocenters. The van der Waals surface area contributed by atoms with Gasteiger partial charge in [0.15, 0.2) is 5.76 Å². The van der Waals surface area contributed by atoms with Gasteiger partial charge in [0, 0.05) is 12.8 Å². The largest absolute Gasteiger partial charge is 0.496 e. The van der Waals surface area contributed by atoms with Crippen molar-refractivity contribution in [1.29, 1.82) is 0 Å². The first-order valence-electron chi connectivity index (χ1n) is 7.13. The summed E-state index contributed by atoms with van der Waals surface area (Å²) in [4.78, 5) is 10.8. The molecule has 1 aliphatic carbocycles. The number of halogens is 1. The molecule has 0 bridgehead atoms. The highest BCUT2D eigenvalue weighted by molar-refractivity contribution is 6.47. The van der Waals surface area contributed by atoms with Crippen molar-refractivity contribution < 1.29 is 9.53 Å². The van der Waals surface area contributed by atoms with Crippen LogP contribution in [-0.4, -0.2) is 17.8 Å². The smallest absolute Gasteiger partial charge is 0.226 e. The van der Waals surface area contributed by atoms with E-state index in [-0.39, 0.29) is 5.78 Å². The molecule has 0 aromatic rings. The van der Waals surface area contributed by atoms with Crippen LogP contribution in [0.1, 0.15) is 52.4 Å². The number of ether oxygens (including phenoxy) is 1. The second-order valence-corrected chi connectivity index (χ2v) is 5.27. The van der Waals surface area contributed by atoms with E-state index >= 15 is 0 Å². The van der Waals surface area contributed by atoms with E-state index < -0.39 is 4.87 Å². The van der Waals surface area contributed by atoms with Crippen molar-refractivity contribution in [3.05, 3.63) is 11.3 Å². The number of methoxy groups -OCH3 is 1. The van der Waals surface area contributed by atoms with Crippen molar-refractivity contribution >= 4 is 17.4 Å². The molecule has 2 nitrogen and oxygen atoms in total. The van der Waals surface area contributed by atoms with Gasteiger partial charge < -0.3 is 4.74 Å². The summed E-state index contributed by atoms with van der Waals surface area (Å²) in [5.74, 6) is 11.8. The number of rotatable bonds is 5. The molecule has 0 N–H and O–H groups in total. The van der Waals surface area contributed by atoms with Gasteiger partial charge in [0.1, 0.15) is 5.57 Å². The normalized spacial score (nSPS) is 20.5. The molecule has 0 aliphatic heterocycles. The first-order valence-corrected chi connectivity index (χ1v) is 7.50. The molecule has 20 heavy (non-hydrogen) atoms. The first kappa shape index (κ1) is 16.7. The maximum atomic E-state index is 12.1. The number of carbonyl (C=O) groups excluding carboxylic acids is 1. The van der Waals surface area contributed by atoms with E-state index in [1.165, 1.54) is 7.11 Å². The van der Waals surface area contributed by atoms with Crippen LogP contribution in [0.4, 0.5) is 0 Å². The average molecular weight is 293 g/mol. The molecule has 0 radical (unpaired) electrons. The Morgan fingerprint density at radius 2 is 1.75 bits per heavy atom. The van der Waals surface area contributed by atoms with Crippen LogP contribution in [0.5, 0.6) is 0 Å². The number of alkyl halides is 1. The van der Waals surface area contributed by atoms with Gasteiger partial charge >= 0.3 is 0 Å². The highest BCUT2D eigenvalue weighted by Gasteiger charge is 2.53. The highest BCUT2D eigenvalue weighted by Crippen LogP contribution is 2.40. The number of hydrogen-bond acceptors (Lipinski definition) is 2. The predicted octanol–water partition coefficient (Wildman–Crippen LogP) is 3.83. The first-order chi connectivity index (χ1) is 9.61. The summed E-state index contributed by atoms with van der Waals surface area (Å²) in [6.45, 7) is 4.20. The highest BCUT2D eigenvalue weighted by atomic mass is 35.5. The summed E-state index contributed by atoms with van der Waals surface area (Å²) >= 11 is 6.26. The lowest BCUT2D eigenvalue weighted by molar-refractivity contribution is -0.118. The van der Waals surface area contributed by atoms with Gasteiger partial charge in [-0.05, 0) is 12.8 Å². The van der Waals surface area contributed by atoms with Crippen LogP contribution in [0.2, 0.25) is 0 Å². The van der Waals surface area contributed by atoms with Crippen LogP contribution >= 0.6 is 11.6 Å². The molecular formula is C17H21ClO2. The third-order valence-electron chi connectivity index (χ3n) is 3.07. The fourth-order valence-corrected chi connectivity index (χ4v) is 2.16. The Morgan fingerprint density at radius 3 is 2.30 bits per heavy atom. The number of carbonyl (C=O) groups is 1. The van der Waals surface area contributed by atoms with E-state index in [0.29, 0.717) is 11.3 Å². The van der Waals surface area contributed by atoms with Crippen LogP contribution in [0, 0.1) is 23.7 Å². The molecule has 0 aromatic carbocycles. The molecule has 3 heteroatoms. The molecule has 1 rings (SSSR count). The Balaban J connectivity index is 2.84. The number of allylic oxidation sites excluding steroid dienone is 2. The molecule has 0 fully saturated rings. The van der Waals surface area contributed by atoms with Crippen molar-refractivity contribution in [2.24, 2.45) is 0 Å². The molecule has 0 spiro atoms. The molecule has 0 amide bonds. The number of ketones is 1. The lowest BCUT2D eigenvalue weighted by Gasteiger charge is -2.31. The number of Topliss-reactive ketones (excluding diaryl/α,β-unsaturated/α-hetero) is 1. The van der Waals surface area contributed by atoms with Crippen LogP contribution in [0.25, 0.3) is 0 Å². The zero-order valence-electron chi connectivity index (χ0n) is 12.4. The second kappa shape index (κ2) is 8.03. The summed E-state index contributed by atoms with van der Waals surface area (Å²) in [6.07, 6.45) is 5.71. The quantitative estimate of drug-likeness (QED) is 0.437. The second-order valence-electron chi connectivity index (χ2n) is 4.71. The summed E-state index contributed by atoms with van der Waals surface area (Å²) < 4.78 is 5.22. The molecule has 0 saturated heterocycles. The van der Waals surface area contributed by atoms with Crippen LogP contribution in [-0.2, 0) is 9.53 Å². The standard InChI is InChI=1S/C17H21ClO2/c1-4-6-8-10-12-14-15(19)17(18,16(14)20-3)13-11-9-7-5-2/h4-9H2,1-3H3. The van der Waals surface area contributed by atoms with E-state index in [9.17, 15) is 4.79 Å². The molecule has 0 aromatic heterocycles. The van der Waals surface area contributed by atoms with Crippen molar-refractivity contribution in [2.45, 2.75) is 57.2 Å². The average Bonchev–Trinajstić information content (AvgIpc) is 2.46. The monoisotopic (exact) mass is 292 g/mol. The van der Waals surface area contributed by atoms with Crippen molar-refractivity contribution in [2.75, 3.05) is 7.11 Å². The van der Waals surface area contributed by atoms with Gasteiger partial charge in [-0.15, -0.1) is 5.92 Å². The minimum absolute atomic E-state index is 0.232. The van der Waals surface area contributed by atoms with Crippen molar-refractivity contribution in [3.63, 3.8) is 0 Å². The van der Waals surface area contributed by atoms with Crippen LogP contribution < -0.4 is 0 Å². The van der Waals surface area contributed by atoms with Crippen LogP contribution in [0.3, 0.4) is 0 Å². The summed E-state index contributed by atoms with van der Waals surface area (Å²) in [5.41, 5.74) is 0.378. The fraction of sp³-hybridized carbons (Fsp3) is 0.588. The van der Waals surface area contributed by atoms with E-state index in [1.807, 2.05) is 0 Å². The minimum atomic E-state index is -1.31. The minimum Gasteiger partial charge on any atom is -0.496 e. The molecule has 0 heterocycles. The Morgan fingerprint density at radius 1 is 1.15 bits per heavy atom. The fourth-order valence-electron chi connectivity index (χ4n) is 1.82. The molecule has 1 aliphatic rings. The lowest BCUT2D eigenvalue weighted by Crippen LogP contribution is -2.45. The van der Waals surface area contributed by atoms with E-state index in [0.717, 1.165) is 38.5 Å². The maximum absolute atomic E-state index is 12.1. The third kappa shape index (κ3) is 3.59. The summed E-state index contributed by atoms with van der Waals surface area (Å²) in [7, 11) is 1.50. The lowest BCUT2D eigenvalue weighted by atomic mass is 9.81. The van der Waals surface area contributed by atoms with Crippen LogP contribution in [0.15, 0.2) is 11.3 Å². The van der Waals surface area contributed by atoms with Crippen molar-refractivity contribution in [1.82, 2.24) is 0 Å². The zero-order chi connectivity index (χ0) is 15.0. The molecule has 108 valence electrons. The van der Waals surface area contributed by atoms with Gasteiger partial charge in [-0.3, -0.25) is 4.79 Å². The van der Waals surface area contributed by atoms with Gasteiger partial charge in [-0.25, -0.2) is 0 Å². The zero-order valence-corrected chi connectivity index (χ0v) is 13.2. The number of hydrogen-bond donors (Lipinski definition) is 0. The van der Waals surface area contributed by atoms with E-state index in [1.54, 1.807) is 0 Å². The summed E-state index contributed by atoms with van der Waals surface area (Å²) in [5, 5.41) is 0. The Bertz CT molecular complexity index is 511. The Kier molecular flexibility index (Phi) is 6.69. The third-order valence-corrected chi connectivity index (χ3v) is 3.51. The molecular weight excluding hydrogens is 272 g/mol. The van der Waals surface area contributed by atoms with Crippen molar-refractivity contribution in [3.8, 4) is 23.7 Å². The van der Waals surface area contributed by atoms with Gasteiger partial charge in [0.05, 0.1) is 7.11 Å².